The molecule has 1 fully saturated rings. The van der Waals surface area contributed by atoms with Gasteiger partial charge in [0, 0.05) is 67.3 Å². The number of hydrogen-bond acceptors (Lipinski definition) is 6. The Kier molecular flexibility index (Phi) is 7.44. The number of pyridine rings is 1. The van der Waals surface area contributed by atoms with Gasteiger partial charge < -0.3 is 9.47 Å². The number of likely N-dealkylation sites (tertiary alicyclic amines) is 1. The van der Waals surface area contributed by atoms with Crippen LogP contribution >= 0.6 is 0 Å². The van der Waals surface area contributed by atoms with Crippen LogP contribution in [-0.2, 0) is 17.8 Å². The fourth-order valence-corrected chi connectivity index (χ4v) is 5.48. The summed E-state index contributed by atoms with van der Waals surface area (Å²) in [5, 5.41) is 0. The van der Waals surface area contributed by atoms with Crippen molar-refractivity contribution < 1.29 is 18.7 Å². The lowest BCUT2D eigenvalue weighted by molar-refractivity contribution is 0.00281. The first-order chi connectivity index (χ1) is 17.9. The van der Waals surface area contributed by atoms with Gasteiger partial charge >= 0.3 is 0 Å². The van der Waals surface area contributed by atoms with Gasteiger partial charge in [-0.2, -0.15) is 0 Å². The van der Waals surface area contributed by atoms with Crippen LogP contribution in [0.3, 0.4) is 0 Å². The van der Waals surface area contributed by atoms with Gasteiger partial charge in [0.25, 0.3) is 0 Å². The summed E-state index contributed by atoms with van der Waals surface area (Å²) in [6, 6.07) is 14.8. The van der Waals surface area contributed by atoms with Crippen LogP contribution in [-0.4, -0.2) is 54.8 Å². The number of ketones is 1. The van der Waals surface area contributed by atoms with E-state index in [4.69, 9.17) is 14.5 Å². The SMILES string of the molecule is COc1cccc(F)c1CN1CC(CC(=O)c2ccc3c(c2)C(c2ccnc(C)c2)=NC3)CC(OC)C1. The highest BCUT2D eigenvalue weighted by Crippen LogP contribution is 2.30. The van der Waals surface area contributed by atoms with E-state index < -0.39 is 0 Å². The van der Waals surface area contributed by atoms with Crippen molar-refractivity contribution in [3.63, 3.8) is 0 Å². The largest absolute Gasteiger partial charge is 0.496 e. The number of ether oxygens (including phenoxy) is 2. The van der Waals surface area contributed by atoms with Crippen LogP contribution in [0.2, 0.25) is 0 Å². The zero-order valence-electron chi connectivity index (χ0n) is 21.5. The molecule has 0 N–H and O–H groups in total. The molecular weight excluding hydrogens is 469 g/mol. The van der Waals surface area contributed by atoms with Gasteiger partial charge in [-0.05, 0) is 55.2 Å². The number of methoxy groups -OCH3 is 2. The number of benzene rings is 2. The lowest BCUT2D eigenvalue weighted by Gasteiger charge is -2.37. The number of piperidine rings is 1. The van der Waals surface area contributed by atoms with Crippen LogP contribution in [0.5, 0.6) is 5.75 Å². The first kappa shape index (κ1) is 25.2. The molecule has 0 aliphatic carbocycles. The molecule has 7 heteroatoms. The van der Waals surface area contributed by atoms with Crippen LogP contribution in [0.25, 0.3) is 0 Å². The Morgan fingerprint density at radius 1 is 1.14 bits per heavy atom. The van der Waals surface area contributed by atoms with Crippen molar-refractivity contribution in [3.8, 4) is 5.75 Å². The molecule has 192 valence electrons. The summed E-state index contributed by atoms with van der Waals surface area (Å²) < 4.78 is 25.7. The van der Waals surface area contributed by atoms with Gasteiger partial charge in [-0.25, -0.2) is 4.39 Å². The molecule has 6 nitrogen and oxygen atoms in total. The molecule has 0 radical (unpaired) electrons. The van der Waals surface area contributed by atoms with Crippen molar-refractivity contribution in [2.45, 2.75) is 39.0 Å². The Morgan fingerprint density at radius 2 is 2.00 bits per heavy atom. The highest BCUT2D eigenvalue weighted by molar-refractivity contribution is 6.16. The number of hydrogen-bond donors (Lipinski definition) is 0. The maximum atomic E-state index is 14.6. The standard InChI is InChI=1S/C30H32FN3O3/c1-19-11-22(9-10-32-19)30-25-14-21(7-8-23(25)15-33-30)28(35)13-20-12-24(36-2)17-34(16-20)18-26-27(31)5-4-6-29(26)37-3/h4-11,14,20,24H,12-13,15-18H2,1-3H3. The molecule has 2 unspecified atom stereocenters. The van der Waals surface area contributed by atoms with E-state index in [0.29, 0.717) is 49.5 Å². The number of fused-ring (bicyclic) bond motifs is 1. The zero-order chi connectivity index (χ0) is 25.9. The average molecular weight is 502 g/mol. The molecule has 0 amide bonds. The Bertz CT molecular complexity index is 1340. The van der Waals surface area contributed by atoms with Crippen LogP contribution in [0.4, 0.5) is 4.39 Å². The second-order valence-electron chi connectivity index (χ2n) is 9.92. The van der Waals surface area contributed by atoms with Crippen LogP contribution in [0.15, 0.2) is 59.7 Å². The lowest BCUT2D eigenvalue weighted by Crippen LogP contribution is -2.44. The normalized spacial score (nSPS) is 19.4. The summed E-state index contributed by atoms with van der Waals surface area (Å²) >= 11 is 0. The topological polar surface area (TPSA) is 64.0 Å². The monoisotopic (exact) mass is 501 g/mol. The number of rotatable bonds is 8. The molecule has 2 aliphatic heterocycles. The fourth-order valence-electron chi connectivity index (χ4n) is 5.48. The van der Waals surface area contributed by atoms with Crippen molar-refractivity contribution in [3.05, 3.63) is 94.1 Å². The number of aromatic nitrogens is 1. The summed E-state index contributed by atoms with van der Waals surface area (Å²) in [4.78, 5) is 24.6. The van der Waals surface area contributed by atoms with Gasteiger partial charge in [-0.15, -0.1) is 0 Å². The van der Waals surface area contributed by atoms with Gasteiger partial charge in [0.1, 0.15) is 11.6 Å². The van der Waals surface area contributed by atoms with E-state index in [-0.39, 0.29) is 23.6 Å². The number of nitrogens with zero attached hydrogens (tertiary/aromatic N) is 3. The quantitative estimate of drug-likeness (QED) is 0.407. The van der Waals surface area contributed by atoms with E-state index >= 15 is 0 Å². The highest BCUT2D eigenvalue weighted by Gasteiger charge is 2.30. The van der Waals surface area contributed by atoms with E-state index in [1.165, 1.54) is 6.07 Å². The van der Waals surface area contributed by atoms with Crippen molar-refractivity contribution in [1.82, 2.24) is 9.88 Å². The van der Waals surface area contributed by atoms with Gasteiger partial charge in [0.05, 0.1) is 25.5 Å². The van der Waals surface area contributed by atoms with Gasteiger partial charge in [-0.1, -0.05) is 18.2 Å². The van der Waals surface area contributed by atoms with E-state index in [1.807, 2.05) is 37.3 Å². The third kappa shape index (κ3) is 5.48. The lowest BCUT2D eigenvalue weighted by atomic mass is 9.88. The van der Waals surface area contributed by atoms with Crippen molar-refractivity contribution in [1.29, 1.82) is 0 Å². The van der Waals surface area contributed by atoms with Crippen LogP contribution < -0.4 is 4.74 Å². The minimum absolute atomic E-state index is 0.0157. The van der Waals surface area contributed by atoms with Gasteiger partial charge in [0.2, 0.25) is 0 Å². The second-order valence-corrected chi connectivity index (χ2v) is 9.92. The molecule has 2 aliphatic rings. The Labute approximate surface area is 217 Å². The number of aliphatic imine (C=N–C) groups is 1. The smallest absolute Gasteiger partial charge is 0.163 e. The summed E-state index contributed by atoms with van der Waals surface area (Å²) in [5.74, 6) is 0.456. The molecule has 0 saturated carbocycles. The highest BCUT2D eigenvalue weighted by atomic mass is 19.1. The maximum absolute atomic E-state index is 14.6. The molecule has 5 rings (SSSR count). The zero-order valence-corrected chi connectivity index (χ0v) is 21.5. The third-order valence-corrected chi connectivity index (χ3v) is 7.32. The van der Waals surface area contributed by atoms with E-state index in [2.05, 4.69) is 9.88 Å². The molecule has 37 heavy (non-hydrogen) atoms. The minimum Gasteiger partial charge on any atom is -0.496 e. The fraction of sp³-hybridized carbons (Fsp3) is 0.367. The maximum Gasteiger partial charge on any atom is 0.163 e. The molecule has 1 saturated heterocycles. The molecule has 2 atom stereocenters. The summed E-state index contributed by atoms with van der Waals surface area (Å²) in [7, 11) is 3.25. The van der Waals surface area contributed by atoms with Crippen molar-refractivity contribution in [2.24, 2.45) is 10.9 Å². The minimum atomic E-state index is -0.286. The third-order valence-electron chi connectivity index (χ3n) is 7.32. The van der Waals surface area contributed by atoms with E-state index in [9.17, 15) is 9.18 Å². The molecular formula is C30H32FN3O3. The van der Waals surface area contributed by atoms with Gasteiger partial charge in [0.15, 0.2) is 5.78 Å². The predicted molar refractivity (Wildman–Crippen MR) is 141 cm³/mol. The van der Waals surface area contributed by atoms with Gasteiger partial charge in [-0.3, -0.25) is 19.7 Å². The Balaban J connectivity index is 1.31. The molecule has 1 aromatic heterocycles. The number of carbonyl (C=O) groups excluding carboxylic acids is 1. The molecule has 2 aromatic carbocycles. The van der Waals surface area contributed by atoms with E-state index in [0.717, 1.165) is 34.5 Å². The second kappa shape index (κ2) is 10.9. The predicted octanol–water partition coefficient (Wildman–Crippen LogP) is 5.00. The molecule has 0 spiro atoms. The van der Waals surface area contributed by atoms with Crippen molar-refractivity contribution in [2.75, 3.05) is 27.3 Å². The first-order valence-corrected chi connectivity index (χ1v) is 12.7. The Hall–Kier alpha value is -3.42. The van der Waals surface area contributed by atoms with Crippen molar-refractivity contribution >= 4 is 11.5 Å². The summed E-state index contributed by atoms with van der Waals surface area (Å²) in [6.45, 7) is 4.36. The number of Topliss-reactive ketones (excluding diaryl/α,β-unsaturated/α-hetero) is 1. The molecule has 3 heterocycles. The molecule has 0 bridgehead atoms. The van der Waals surface area contributed by atoms with Crippen LogP contribution in [0.1, 0.15) is 51.1 Å². The molecule has 3 aromatic rings. The Morgan fingerprint density at radius 3 is 2.78 bits per heavy atom. The summed E-state index contributed by atoms with van der Waals surface area (Å²) in [6.07, 6.45) is 2.97. The number of carbonyl (C=O) groups is 1. The average Bonchev–Trinajstić information content (AvgIpc) is 3.33. The number of aryl methyl sites for hydroxylation is 1. The van der Waals surface area contributed by atoms with Crippen LogP contribution in [0, 0.1) is 18.7 Å². The summed E-state index contributed by atoms with van der Waals surface area (Å²) in [5.41, 5.74) is 6.24. The first-order valence-electron chi connectivity index (χ1n) is 12.7. The number of halogens is 1. The van der Waals surface area contributed by atoms with E-state index in [1.54, 1.807) is 32.5 Å².